The Morgan fingerprint density at radius 3 is 2.53 bits per heavy atom. The molecule has 3 unspecified atom stereocenters. The van der Waals surface area contributed by atoms with Crippen molar-refractivity contribution in [3.63, 3.8) is 0 Å². The molecule has 2 saturated carbocycles. The third kappa shape index (κ3) is 3.21. The lowest BCUT2D eigenvalue weighted by Crippen LogP contribution is -2.31. The molecule has 0 heterocycles. The summed E-state index contributed by atoms with van der Waals surface area (Å²) in [5, 5.41) is 3.80. The Bertz CT molecular complexity index is 209. The molecule has 0 aromatic carbocycles. The molecule has 3 atom stereocenters. The third-order valence-electron chi connectivity index (χ3n) is 4.47. The van der Waals surface area contributed by atoms with Gasteiger partial charge < -0.3 is 5.32 Å². The number of hydrogen-bond acceptors (Lipinski definition) is 1. The minimum atomic E-state index is 0.598. The second kappa shape index (κ2) is 4.45. The maximum Gasteiger partial charge on any atom is 0.00724 e. The van der Waals surface area contributed by atoms with Crippen LogP contribution in [0.4, 0.5) is 0 Å². The summed E-state index contributed by atoms with van der Waals surface area (Å²) in [6, 6.07) is 0.816. The highest BCUT2D eigenvalue weighted by Gasteiger charge is 2.31. The van der Waals surface area contributed by atoms with E-state index in [2.05, 4.69) is 26.1 Å². The molecule has 0 bridgehead atoms. The maximum absolute atomic E-state index is 3.80. The van der Waals surface area contributed by atoms with Crippen LogP contribution in [0.15, 0.2) is 0 Å². The van der Waals surface area contributed by atoms with Crippen LogP contribution in [0.1, 0.15) is 59.3 Å². The summed E-state index contributed by atoms with van der Waals surface area (Å²) in [6.45, 7) is 8.50. The zero-order valence-corrected chi connectivity index (χ0v) is 10.7. The van der Waals surface area contributed by atoms with Gasteiger partial charge in [0.2, 0.25) is 0 Å². The zero-order chi connectivity index (χ0) is 10.9. The lowest BCUT2D eigenvalue weighted by molar-refractivity contribution is 0.355. The van der Waals surface area contributed by atoms with Gasteiger partial charge in [-0.3, -0.25) is 0 Å². The molecule has 2 aliphatic carbocycles. The Morgan fingerprint density at radius 2 is 2.00 bits per heavy atom. The molecule has 0 amide bonds. The van der Waals surface area contributed by atoms with E-state index in [4.69, 9.17) is 0 Å². The molecule has 0 aromatic heterocycles. The van der Waals surface area contributed by atoms with E-state index in [1.54, 1.807) is 0 Å². The minimum absolute atomic E-state index is 0.598. The normalized spacial score (nSPS) is 39.8. The standard InChI is InChI=1S/C14H27N/c1-11-4-5-12(8-11)10-15-13-6-7-14(2,3)9-13/h11-13,15H,4-10H2,1-3H3. The van der Waals surface area contributed by atoms with Crippen LogP contribution in [0.5, 0.6) is 0 Å². The van der Waals surface area contributed by atoms with Crippen molar-refractivity contribution in [2.24, 2.45) is 17.3 Å². The van der Waals surface area contributed by atoms with Crippen molar-refractivity contribution in [2.45, 2.75) is 65.3 Å². The fourth-order valence-electron chi connectivity index (χ4n) is 3.45. The third-order valence-corrected chi connectivity index (χ3v) is 4.47. The smallest absolute Gasteiger partial charge is 0.00724 e. The molecule has 88 valence electrons. The van der Waals surface area contributed by atoms with Crippen LogP contribution in [-0.2, 0) is 0 Å². The molecule has 0 radical (unpaired) electrons. The van der Waals surface area contributed by atoms with Gasteiger partial charge in [-0.05, 0) is 55.9 Å². The van der Waals surface area contributed by atoms with Crippen LogP contribution in [0.3, 0.4) is 0 Å². The average Bonchev–Trinajstić information content (AvgIpc) is 2.69. The SMILES string of the molecule is CC1CCC(CNC2CCC(C)(C)C2)C1. The Kier molecular flexibility index (Phi) is 3.39. The zero-order valence-electron chi connectivity index (χ0n) is 10.7. The van der Waals surface area contributed by atoms with E-state index in [9.17, 15) is 0 Å². The van der Waals surface area contributed by atoms with Gasteiger partial charge in [0.25, 0.3) is 0 Å². The first kappa shape index (κ1) is 11.4. The molecule has 2 fully saturated rings. The molecule has 1 heteroatoms. The monoisotopic (exact) mass is 209 g/mol. The van der Waals surface area contributed by atoms with Crippen LogP contribution in [-0.4, -0.2) is 12.6 Å². The first-order valence-corrected chi connectivity index (χ1v) is 6.78. The van der Waals surface area contributed by atoms with Crippen molar-refractivity contribution in [1.82, 2.24) is 5.32 Å². The number of rotatable bonds is 3. The van der Waals surface area contributed by atoms with E-state index in [-0.39, 0.29) is 0 Å². The Hall–Kier alpha value is -0.0400. The summed E-state index contributed by atoms with van der Waals surface area (Å²) in [5.74, 6) is 1.96. The van der Waals surface area contributed by atoms with Crippen molar-refractivity contribution < 1.29 is 0 Å². The molecular formula is C14H27N. The summed E-state index contributed by atoms with van der Waals surface area (Å²) in [5.41, 5.74) is 0.598. The van der Waals surface area contributed by atoms with Crippen molar-refractivity contribution in [2.75, 3.05) is 6.54 Å². The van der Waals surface area contributed by atoms with Crippen LogP contribution < -0.4 is 5.32 Å². The fraction of sp³-hybridized carbons (Fsp3) is 1.00. The molecule has 2 aliphatic rings. The number of hydrogen-bond donors (Lipinski definition) is 1. The van der Waals surface area contributed by atoms with E-state index in [0.717, 1.165) is 17.9 Å². The summed E-state index contributed by atoms with van der Waals surface area (Å²) >= 11 is 0. The highest BCUT2D eigenvalue weighted by molar-refractivity contribution is 4.87. The second-order valence-corrected chi connectivity index (χ2v) is 6.80. The molecule has 2 rings (SSSR count). The average molecular weight is 209 g/mol. The van der Waals surface area contributed by atoms with Gasteiger partial charge in [0, 0.05) is 6.04 Å². The van der Waals surface area contributed by atoms with Gasteiger partial charge in [0.15, 0.2) is 0 Å². The van der Waals surface area contributed by atoms with Crippen molar-refractivity contribution >= 4 is 0 Å². The molecule has 0 aliphatic heterocycles. The maximum atomic E-state index is 3.80. The lowest BCUT2D eigenvalue weighted by Gasteiger charge is -2.19. The Balaban J connectivity index is 1.66. The quantitative estimate of drug-likeness (QED) is 0.749. The predicted octanol–water partition coefficient (Wildman–Crippen LogP) is 3.59. The summed E-state index contributed by atoms with van der Waals surface area (Å²) in [6.07, 6.45) is 8.58. The molecule has 0 spiro atoms. The van der Waals surface area contributed by atoms with E-state index in [1.807, 2.05) is 0 Å². The van der Waals surface area contributed by atoms with Gasteiger partial charge in [-0.2, -0.15) is 0 Å². The highest BCUT2D eigenvalue weighted by Crippen LogP contribution is 2.37. The van der Waals surface area contributed by atoms with Gasteiger partial charge in [-0.25, -0.2) is 0 Å². The summed E-state index contributed by atoms with van der Waals surface area (Å²) in [4.78, 5) is 0. The fourth-order valence-corrected chi connectivity index (χ4v) is 3.45. The van der Waals surface area contributed by atoms with Crippen molar-refractivity contribution in [3.8, 4) is 0 Å². The minimum Gasteiger partial charge on any atom is -0.314 e. The van der Waals surface area contributed by atoms with Gasteiger partial charge in [0.1, 0.15) is 0 Å². The van der Waals surface area contributed by atoms with Crippen LogP contribution in [0.25, 0.3) is 0 Å². The molecule has 0 saturated heterocycles. The number of nitrogens with one attached hydrogen (secondary N) is 1. The molecule has 0 aromatic rings. The van der Waals surface area contributed by atoms with Gasteiger partial charge in [-0.15, -0.1) is 0 Å². The van der Waals surface area contributed by atoms with E-state index < -0.39 is 0 Å². The van der Waals surface area contributed by atoms with Crippen LogP contribution >= 0.6 is 0 Å². The first-order valence-electron chi connectivity index (χ1n) is 6.78. The molecule has 15 heavy (non-hydrogen) atoms. The van der Waals surface area contributed by atoms with Gasteiger partial charge in [-0.1, -0.05) is 27.2 Å². The van der Waals surface area contributed by atoms with E-state index in [0.29, 0.717) is 5.41 Å². The molecule has 1 nitrogen and oxygen atoms in total. The molecular weight excluding hydrogens is 182 g/mol. The van der Waals surface area contributed by atoms with Crippen LogP contribution in [0, 0.1) is 17.3 Å². The topological polar surface area (TPSA) is 12.0 Å². The first-order chi connectivity index (χ1) is 7.05. The largest absolute Gasteiger partial charge is 0.314 e. The van der Waals surface area contributed by atoms with Crippen LogP contribution in [0.2, 0.25) is 0 Å². The second-order valence-electron chi connectivity index (χ2n) is 6.80. The Labute approximate surface area is 95.0 Å². The summed E-state index contributed by atoms with van der Waals surface area (Å²) in [7, 11) is 0. The van der Waals surface area contributed by atoms with E-state index >= 15 is 0 Å². The van der Waals surface area contributed by atoms with Crippen molar-refractivity contribution in [1.29, 1.82) is 0 Å². The predicted molar refractivity (Wildman–Crippen MR) is 65.9 cm³/mol. The Morgan fingerprint density at radius 1 is 1.20 bits per heavy atom. The lowest BCUT2D eigenvalue weighted by atomic mass is 9.92. The van der Waals surface area contributed by atoms with Gasteiger partial charge >= 0.3 is 0 Å². The van der Waals surface area contributed by atoms with Crippen molar-refractivity contribution in [3.05, 3.63) is 0 Å². The highest BCUT2D eigenvalue weighted by atomic mass is 14.9. The summed E-state index contributed by atoms with van der Waals surface area (Å²) < 4.78 is 0. The van der Waals surface area contributed by atoms with E-state index in [1.165, 1.54) is 45.1 Å². The molecule has 1 N–H and O–H groups in total. The van der Waals surface area contributed by atoms with Gasteiger partial charge in [0.05, 0.1) is 0 Å².